The summed E-state index contributed by atoms with van der Waals surface area (Å²) < 4.78 is 11.6. The second-order valence-corrected chi connectivity index (χ2v) is 11.4. The zero-order valence-corrected chi connectivity index (χ0v) is 18.3. The summed E-state index contributed by atoms with van der Waals surface area (Å²) in [6, 6.07) is 0. The normalized spacial score (nSPS) is 51.6. The van der Waals surface area contributed by atoms with Gasteiger partial charge in [-0.15, -0.1) is 0 Å². The van der Waals surface area contributed by atoms with Crippen molar-refractivity contribution in [3.63, 3.8) is 0 Å². The fraction of sp³-hybridized carbons (Fsp3) is 0.960. The highest BCUT2D eigenvalue weighted by molar-refractivity contribution is 5.79. The minimum atomic E-state index is 0.0549. The van der Waals surface area contributed by atoms with Gasteiger partial charge in [0.1, 0.15) is 5.78 Å². The third kappa shape index (κ3) is 2.86. The van der Waals surface area contributed by atoms with E-state index in [4.69, 9.17) is 9.47 Å². The Balaban J connectivity index is 1.39. The van der Waals surface area contributed by atoms with E-state index in [1.165, 1.54) is 38.5 Å². The van der Waals surface area contributed by atoms with Crippen molar-refractivity contribution in [2.45, 2.75) is 91.3 Å². The summed E-state index contributed by atoms with van der Waals surface area (Å²) in [5.41, 5.74) is 0.886. The van der Waals surface area contributed by atoms with Gasteiger partial charge in [0.05, 0.1) is 13.2 Å². The first-order valence-corrected chi connectivity index (χ1v) is 12.2. The Labute approximate surface area is 171 Å². The molecule has 5 rings (SSSR count). The Morgan fingerprint density at radius 2 is 1.71 bits per heavy atom. The van der Waals surface area contributed by atoms with Crippen LogP contribution in [0.5, 0.6) is 0 Å². The molecule has 0 N–H and O–H groups in total. The molecule has 1 saturated heterocycles. The molecule has 0 aromatic heterocycles. The molecule has 0 amide bonds. The van der Waals surface area contributed by atoms with Crippen molar-refractivity contribution in [1.82, 2.24) is 0 Å². The number of Topliss-reactive ketones (excluding diaryl/α,β-unsaturated/α-hetero) is 1. The molecule has 3 heteroatoms. The second-order valence-electron chi connectivity index (χ2n) is 11.4. The highest BCUT2D eigenvalue weighted by Gasteiger charge is 2.61. The molecular weight excluding hydrogens is 348 g/mol. The van der Waals surface area contributed by atoms with Crippen molar-refractivity contribution in [2.24, 2.45) is 46.3 Å². The van der Waals surface area contributed by atoms with Crippen LogP contribution in [0.25, 0.3) is 0 Å². The Hall–Kier alpha value is -0.410. The molecule has 0 spiro atoms. The van der Waals surface area contributed by atoms with Crippen LogP contribution < -0.4 is 0 Å². The summed E-state index contributed by atoms with van der Waals surface area (Å²) in [5.74, 6) is 5.33. The predicted octanol–water partition coefficient (Wildman–Crippen LogP) is 5.61. The van der Waals surface area contributed by atoms with Gasteiger partial charge in [0.15, 0.2) is 6.29 Å². The number of carbonyl (C=O) groups is 1. The van der Waals surface area contributed by atoms with Crippen LogP contribution in [0.3, 0.4) is 0 Å². The topological polar surface area (TPSA) is 35.5 Å². The molecule has 8 atom stereocenters. The van der Waals surface area contributed by atoms with Crippen LogP contribution in [0, 0.1) is 46.3 Å². The lowest BCUT2D eigenvalue weighted by molar-refractivity contribution is -0.153. The summed E-state index contributed by atoms with van der Waals surface area (Å²) in [4.78, 5) is 12.3. The fourth-order valence-corrected chi connectivity index (χ4v) is 9.01. The molecule has 158 valence electrons. The SMILES string of the molecule is CCC1CC2C3CCC(CC4OCCO4)C3(C)CCC2C2(C)CCC(=O)CC12. The first kappa shape index (κ1) is 19.5. The number of fused-ring (bicyclic) bond motifs is 5. The third-order valence-corrected chi connectivity index (χ3v) is 10.6. The van der Waals surface area contributed by atoms with E-state index in [2.05, 4.69) is 20.8 Å². The van der Waals surface area contributed by atoms with Crippen molar-refractivity contribution in [3.8, 4) is 0 Å². The molecule has 4 saturated carbocycles. The third-order valence-electron chi connectivity index (χ3n) is 10.6. The van der Waals surface area contributed by atoms with Crippen LogP contribution in [-0.2, 0) is 14.3 Å². The molecule has 0 radical (unpaired) electrons. The molecule has 5 fully saturated rings. The molecule has 0 aromatic rings. The molecule has 0 bridgehead atoms. The monoisotopic (exact) mass is 388 g/mol. The van der Waals surface area contributed by atoms with E-state index in [1.807, 2.05) is 0 Å². The lowest BCUT2D eigenvalue weighted by Crippen LogP contribution is -2.56. The van der Waals surface area contributed by atoms with Gasteiger partial charge >= 0.3 is 0 Å². The summed E-state index contributed by atoms with van der Waals surface area (Å²) in [6.07, 6.45) is 12.2. The van der Waals surface area contributed by atoms with Gasteiger partial charge in [0, 0.05) is 19.3 Å². The number of carbonyl (C=O) groups excluding carboxylic acids is 1. The average Bonchev–Trinajstić information content (AvgIpc) is 3.30. The predicted molar refractivity (Wildman–Crippen MR) is 110 cm³/mol. The Bertz CT molecular complexity index is 611. The highest BCUT2D eigenvalue weighted by Crippen LogP contribution is 2.69. The summed E-state index contributed by atoms with van der Waals surface area (Å²) in [7, 11) is 0. The maximum atomic E-state index is 12.3. The number of ether oxygens (including phenoxy) is 2. The molecule has 28 heavy (non-hydrogen) atoms. The van der Waals surface area contributed by atoms with Gasteiger partial charge in [-0.3, -0.25) is 4.79 Å². The first-order valence-electron chi connectivity index (χ1n) is 12.2. The molecule has 0 aromatic carbocycles. The molecule has 1 heterocycles. The van der Waals surface area contributed by atoms with Crippen LogP contribution in [0.1, 0.15) is 85.0 Å². The molecule has 4 aliphatic carbocycles. The summed E-state index contributed by atoms with van der Waals surface area (Å²) in [6.45, 7) is 9.12. The number of rotatable bonds is 3. The van der Waals surface area contributed by atoms with Gasteiger partial charge in [0.2, 0.25) is 0 Å². The second kappa shape index (κ2) is 7.08. The van der Waals surface area contributed by atoms with Gasteiger partial charge in [-0.2, -0.15) is 0 Å². The quantitative estimate of drug-likeness (QED) is 0.630. The number of hydrogen-bond acceptors (Lipinski definition) is 3. The van der Waals surface area contributed by atoms with E-state index in [9.17, 15) is 4.79 Å². The Morgan fingerprint density at radius 3 is 2.46 bits per heavy atom. The molecule has 5 aliphatic rings. The Morgan fingerprint density at radius 1 is 0.964 bits per heavy atom. The highest BCUT2D eigenvalue weighted by atomic mass is 16.7. The van der Waals surface area contributed by atoms with Crippen molar-refractivity contribution < 1.29 is 14.3 Å². The van der Waals surface area contributed by atoms with Crippen molar-refractivity contribution >= 4 is 5.78 Å². The van der Waals surface area contributed by atoms with Gasteiger partial charge < -0.3 is 9.47 Å². The van der Waals surface area contributed by atoms with Crippen LogP contribution in [-0.4, -0.2) is 25.3 Å². The fourth-order valence-electron chi connectivity index (χ4n) is 9.01. The Kier molecular flexibility index (Phi) is 4.94. The largest absolute Gasteiger partial charge is 0.350 e. The lowest BCUT2D eigenvalue weighted by atomic mass is 9.42. The van der Waals surface area contributed by atoms with Gasteiger partial charge in [0.25, 0.3) is 0 Å². The average molecular weight is 389 g/mol. The summed E-state index contributed by atoms with van der Waals surface area (Å²) in [5, 5.41) is 0. The van der Waals surface area contributed by atoms with E-state index < -0.39 is 0 Å². The molecule has 8 unspecified atom stereocenters. The maximum absolute atomic E-state index is 12.3. The minimum absolute atomic E-state index is 0.0549. The van der Waals surface area contributed by atoms with Gasteiger partial charge in [-0.25, -0.2) is 0 Å². The number of hydrogen-bond donors (Lipinski definition) is 0. The first-order chi connectivity index (χ1) is 13.5. The summed E-state index contributed by atoms with van der Waals surface area (Å²) >= 11 is 0. The van der Waals surface area contributed by atoms with E-state index in [0.29, 0.717) is 22.5 Å². The van der Waals surface area contributed by atoms with Crippen LogP contribution in [0.15, 0.2) is 0 Å². The lowest BCUT2D eigenvalue weighted by Gasteiger charge is -2.62. The van der Waals surface area contributed by atoms with Gasteiger partial charge in [-0.1, -0.05) is 27.2 Å². The van der Waals surface area contributed by atoms with E-state index >= 15 is 0 Å². The standard InChI is InChI=1S/C25H40O3/c1-4-16-13-19-20-6-5-17(14-23-27-11-12-28-23)24(20,2)10-8-21(19)25(3)9-7-18(26)15-22(16)25/h16-17,19-23H,4-15H2,1-3H3. The molecule has 1 aliphatic heterocycles. The van der Waals surface area contributed by atoms with Crippen LogP contribution in [0.4, 0.5) is 0 Å². The zero-order valence-electron chi connectivity index (χ0n) is 18.3. The smallest absolute Gasteiger partial charge is 0.158 e. The maximum Gasteiger partial charge on any atom is 0.158 e. The van der Waals surface area contributed by atoms with E-state index in [1.54, 1.807) is 0 Å². The zero-order chi connectivity index (χ0) is 19.5. The molecular formula is C25H40O3. The van der Waals surface area contributed by atoms with Gasteiger partial charge in [-0.05, 0) is 84.9 Å². The van der Waals surface area contributed by atoms with Crippen LogP contribution >= 0.6 is 0 Å². The number of ketones is 1. The van der Waals surface area contributed by atoms with Crippen molar-refractivity contribution in [2.75, 3.05) is 13.2 Å². The van der Waals surface area contributed by atoms with Crippen molar-refractivity contribution in [3.05, 3.63) is 0 Å². The van der Waals surface area contributed by atoms with Crippen LogP contribution in [0.2, 0.25) is 0 Å². The van der Waals surface area contributed by atoms with E-state index in [0.717, 1.165) is 68.5 Å². The molecule has 3 nitrogen and oxygen atoms in total. The van der Waals surface area contributed by atoms with E-state index in [-0.39, 0.29) is 6.29 Å². The minimum Gasteiger partial charge on any atom is -0.350 e. The van der Waals surface area contributed by atoms with Crippen molar-refractivity contribution in [1.29, 1.82) is 0 Å².